The second-order valence-electron chi connectivity index (χ2n) is 7.09. The fraction of sp³-hybridized carbons (Fsp3) is 0.286. The van der Waals surface area contributed by atoms with Crippen LogP contribution in [0.4, 0.5) is 0 Å². The normalized spacial score (nSPS) is 19.7. The number of aliphatic imine (C=N–C) groups is 2. The van der Waals surface area contributed by atoms with Crippen molar-refractivity contribution in [3.63, 3.8) is 0 Å². The van der Waals surface area contributed by atoms with Crippen molar-refractivity contribution in [2.45, 2.75) is 25.9 Å². The largest absolute Gasteiger partial charge is 0.493 e. The van der Waals surface area contributed by atoms with Crippen molar-refractivity contribution < 1.29 is 14.6 Å². The zero-order chi connectivity index (χ0) is 22.0. The van der Waals surface area contributed by atoms with Gasteiger partial charge in [-0.1, -0.05) is 28.1 Å². The maximum Gasteiger partial charge on any atom is 0.221 e. The summed E-state index contributed by atoms with van der Waals surface area (Å²) in [7, 11) is 1.58. The number of hydrogen-bond acceptors (Lipinski definition) is 8. The van der Waals surface area contributed by atoms with Gasteiger partial charge >= 0.3 is 0 Å². The number of rotatable bonds is 7. The summed E-state index contributed by atoms with van der Waals surface area (Å²) < 4.78 is 12.3. The van der Waals surface area contributed by atoms with E-state index in [2.05, 4.69) is 31.0 Å². The lowest BCUT2D eigenvalue weighted by molar-refractivity contribution is 0.214. The van der Waals surface area contributed by atoms with E-state index in [0.717, 1.165) is 21.2 Å². The Hall–Kier alpha value is -2.62. The van der Waals surface area contributed by atoms with Crippen molar-refractivity contribution in [1.29, 1.82) is 0 Å². The average molecular weight is 507 g/mol. The number of benzene rings is 2. The summed E-state index contributed by atoms with van der Waals surface area (Å²) in [6.45, 7) is 0.778. The molecule has 0 saturated heterocycles. The monoisotopic (exact) mass is 505 g/mol. The van der Waals surface area contributed by atoms with E-state index in [1.165, 1.54) is 0 Å². The first-order chi connectivity index (χ1) is 15.0. The fourth-order valence-corrected chi connectivity index (χ4v) is 3.99. The van der Waals surface area contributed by atoms with Gasteiger partial charge in [0, 0.05) is 16.3 Å². The summed E-state index contributed by atoms with van der Waals surface area (Å²) in [5.74, 6) is 1.42. The predicted molar refractivity (Wildman–Crippen MR) is 124 cm³/mol. The summed E-state index contributed by atoms with van der Waals surface area (Å²) in [5, 5.41) is 15.8. The molecule has 2 aromatic carbocycles. The summed E-state index contributed by atoms with van der Waals surface area (Å²) >= 11 is 9.58. The van der Waals surface area contributed by atoms with Crippen molar-refractivity contribution in [1.82, 2.24) is 5.01 Å². The molecular formula is C21H21BrClN5O3. The fourth-order valence-electron chi connectivity index (χ4n) is 3.43. The number of hydrogen-bond donors (Lipinski definition) is 2. The van der Waals surface area contributed by atoms with Crippen LogP contribution in [-0.4, -0.2) is 40.7 Å². The lowest BCUT2D eigenvalue weighted by Gasteiger charge is -2.26. The van der Waals surface area contributed by atoms with Crippen molar-refractivity contribution in [2.24, 2.45) is 26.7 Å². The SMILES string of the molecule is COc1ccc(CO)cc1OCc1cc(CN2N=CC3C(N)=NC(Cl)=NC32)ccc1Br. The van der Waals surface area contributed by atoms with E-state index in [1.807, 2.05) is 23.2 Å². The molecule has 2 heterocycles. The highest BCUT2D eigenvalue weighted by molar-refractivity contribution is 9.10. The summed E-state index contributed by atoms with van der Waals surface area (Å²) in [6.07, 6.45) is 1.46. The van der Waals surface area contributed by atoms with Crippen LogP contribution in [-0.2, 0) is 19.8 Å². The molecule has 8 nitrogen and oxygen atoms in total. The molecule has 0 amide bonds. The van der Waals surface area contributed by atoms with E-state index in [0.29, 0.717) is 30.5 Å². The molecule has 2 aliphatic heterocycles. The van der Waals surface area contributed by atoms with Crippen LogP contribution in [0.15, 0.2) is 56.0 Å². The first-order valence-corrected chi connectivity index (χ1v) is 10.7. The van der Waals surface area contributed by atoms with Crippen LogP contribution >= 0.6 is 27.5 Å². The molecule has 3 N–H and O–H groups in total. The summed E-state index contributed by atoms with van der Waals surface area (Å²) in [4.78, 5) is 8.39. The molecule has 2 aliphatic rings. The smallest absolute Gasteiger partial charge is 0.221 e. The number of aliphatic hydroxyl groups excluding tert-OH is 1. The zero-order valence-corrected chi connectivity index (χ0v) is 19.0. The van der Waals surface area contributed by atoms with Gasteiger partial charge in [0.2, 0.25) is 5.29 Å². The number of ether oxygens (including phenoxy) is 2. The van der Waals surface area contributed by atoms with E-state index in [1.54, 1.807) is 31.5 Å². The van der Waals surface area contributed by atoms with Gasteiger partial charge in [0.15, 0.2) is 17.7 Å². The number of hydrazone groups is 1. The van der Waals surface area contributed by atoms with E-state index in [4.69, 9.17) is 26.8 Å². The molecule has 0 bridgehead atoms. The van der Waals surface area contributed by atoms with Crippen molar-refractivity contribution in [3.05, 3.63) is 57.6 Å². The van der Waals surface area contributed by atoms with Crippen LogP contribution < -0.4 is 15.2 Å². The third-order valence-corrected chi connectivity index (χ3v) is 6.01. The Kier molecular flexibility index (Phi) is 6.45. The maximum atomic E-state index is 9.39. The first kappa shape index (κ1) is 21.6. The number of amidine groups is 2. The molecule has 2 aromatic rings. The van der Waals surface area contributed by atoms with Gasteiger partial charge in [0.05, 0.1) is 26.2 Å². The van der Waals surface area contributed by atoms with Crippen molar-refractivity contribution in [2.75, 3.05) is 7.11 Å². The van der Waals surface area contributed by atoms with Crippen LogP contribution in [0.2, 0.25) is 0 Å². The Balaban J connectivity index is 1.49. The number of fused-ring (bicyclic) bond motifs is 1. The van der Waals surface area contributed by atoms with Crippen molar-refractivity contribution >= 4 is 44.9 Å². The van der Waals surface area contributed by atoms with Gasteiger partial charge in [0.25, 0.3) is 0 Å². The molecule has 0 saturated carbocycles. The Morgan fingerprint density at radius 3 is 2.77 bits per heavy atom. The van der Waals surface area contributed by atoms with E-state index in [-0.39, 0.29) is 24.0 Å². The van der Waals surface area contributed by atoms with Crippen LogP contribution in [0.25, 0.3) is 0 Å². The molecular weight excluding hydrogens is 486 g/mol. The molecule has 0 aliphatic carbocycles. The molecule has 162 valence electrons. The highest BCUT2D eigenvalue weighted by atomic mass is 79.9. The highest BCUT2D eigenvalue weighted by Crippen LogP contribution is 2.31. The lowest BCUT2D eigenvalue weighted by atomic mass is 10.1. The van der Waals surface area contributed by atoms with Gasteiger partial charge in [-0.3, -0.25) is 5.01 Å². The van der Waals surface area contributed by atoms with E-state index in [9.17, 15) is 5.11 Å². The Bertz CT molecular complexity index is 1070. The minimum Gasteiger partial charge on any atom is -0.493 e. The third kappa shape index (κ3) is 4.68. The Morgan fingerprint density at radius 1 is 1.19 bits per heavy atom. The number of halogens is 2. The Morgan fingerprint density at radius 2 is 2.00 bits per heavy atom. The van der Waals surface area contributed by atoms with Gasteiger partial charge in [-0.15, -0.1) is 0 Å². The number of methoxy groups -OCH3 is 1. The zero-order valence-electron chi connectivity index (χ0n) is 16.7. The van der Waals surface area contributed by atoms with Gasteiger partial charge in [0.1, 0.15) is 12.4 Å². The van der Waals surface area contributed by atoms with Crippen LogP contribution in [0.5, 0.6) is 11.5 Å². The van der Waals surface area contributed by atoms with Crippen LogP contribution in [0.1, 0.15) is 16.7 Å². The molecule has 2 atom stereocenters. The summed E-state index contributed by atoms with van der Waals surface area (Å²) in [6, 6.07) is 11.4. The van der Waals surface area contributed by atoms with Crippen LogP contribution in [0.3, 0.4) is 0 Å². The molecule has 0 spiro atoms. The second kappa shape index (κ2) is 9.25. The molecule has 0 aromatic heterocycles. The quantitative estimate of drug-likeness (QED) is 0.561. The molecule has 0 fully saturated rings. The number of nitrogens with two attached hydrogens (primary N) is 1. The Labute approximate surface area is 193 Å². The molecule has 2 unspecified atom stereocenters. The maximum absolute atomic E-state index is 9.39. The van der Waals surface area contributed by atoms with Gasteiger partial charge in [-0.25, -0.2) is 9.98 Å². The molecule has 4 rings (SSSR count). The second-order valence-corrected chi connectivity index (χ2v) is 8.29. The summed E-state index contributed by atoms with van der Waals surface area (Å²) in [5.41, 5.74) is 8.71. The molecule has 0 radical (unpaired) electrons. The average Bonchev–Trinajstić information content (AvgIpc) is 3.16. The first-order valence-electron chi connectivity index (χ1n) is 9.54. The minimum absolute atomic E-state index is 0.0697. The van der Waals surface area contributed by atoms with Gasteiger partial charge < -0.3 is 20.3 Å². The van der Waals surface area contributed by atoms with Gasteiger partial charge in [-0.2, -0.15) is 5.10 Å². The van der Waals surface area contributed by atoms with Crippen LogP contribution in [0, 0.1) is 5.92 Å². The van der Waals surface area contributed by atoms with E-state index >= 15 is 0 Å². The number of nitrogens with zero attached hydrogens (tertiary/aromatic N) is 4. The van der Waals surface area contributed by atoms with Crippen molar-refractivity contribution in [3.8, 4) is 11.5 Å². The van der Waals surface area contributed by atoms with E-state index < -0.39 is 0 Å². The topological polar surface area (TPSA) is 105 Å². The minimum atomic E-state index is -0.293. The third-order valence-electron chi connectivity index (χ3n) is 5.05. The lowest BCUT2D eigenvalue weighted by Crippen LogP contribution is -2.40. The van der Waals surface area contributed by atoms with Gasteiger partial charge in [-0.05, 0) is 47.0 Å². The highest BCUT2D eigenvalue weighted by Gasteiger charge is 2.36. The number of aliphatic hydroxyl groups is 1. The standard InChI is InChI=1S/C21H21BrClN5O3/c1-30-17-5-3-13(10-29)7-18(17)31-11-14-6-12(2-4-16(14)22)9-28-20-15(8-25-28)19(24)26-21(23)27-20/h2-8,15,20,29H,9-11H2,1H3,(H2,24,26,27). The predicted octanol–water partition coefficient (Wildman–Crippen LogP) is 3.24. The molecule has 31 heavy (non-hydrogen) atoms. The molecule has 10 heteroatoms.